The number of carbonyl (C=O) groups excluding carboxylic acids is 1. The Labute approximate surface area is 142 Å². The highest BCUT2D eigenvalue weighted by Crippen LogP contribution is 2.24. The Morgan fingerprint density at radius 3 is 2.58 bits per heavy atom. The Kier molecular flexibility index (Phi) is 5.11. The fourth-order valence-corrected chi connectivity index (χ4v) is 3.05. The Morgan fingerprint density at radius 1 is 1.21 bits per heavy atom. The number of nitrogens with two attached hydrogens (primary N) is 1. The molecule has 24 heavy (non-hydrogen) atoms. The maximum atomic E-state index is 12.7. The summed E-state index contributed by atoms with van der Waals surface area (Å²) in [5.41, 5.74) is 6.62. The molecular formula is C19H23N3O2. The summed E-state index contributed by atoms with van der Waals surface area (Å²) in [6, 6.07) is 11.1. The van der Waals surface area contributed by atoms with Gasteiger partial charge in [0.1, 0.15) is 11.5 Å². The van der Waals surface area contributed by atoms with Crippen LogP contribution < -0.4 is 10.5 Å². The summed E-state index contributed by atoms with van der Waals surface area (Å²) in [5.74, 6) is 1.92. The average Bonchev–Trinajstić information content (AvgIpc) is 2.62. The molecule has 1 atom stereocenters. The summed E-state index contributed by atoms with van der Waals surface area (Å²) >= 11 is 0. The lowest BCUT2D eigenvalue weighted by Crippen LogP contribution is -2.42. The van der Waals surface area contributed by atoms with Crippen molar-refractivity contribution in [3.05, 3.63) is 54.4 Å². The van der Waals surface area contributed by atoms with Gasteiger partial charge in [-0.2, -0.15) is 0 Å². The molecule has 5 nitrogen and oxygen atoms in total. The number of carbonyl (C=O) groups is 1. The molecule has 1 amide bonds. The van der Waals surface area contributed by atoms with Crippen LogP contribution in [0.1, 0.15) is 30.1 Å². The molecule has 2 heterocycles. The Balaban J connectivity index is 1.66. The number of rotatable bonds is 4. The van der Waals surface area contributed by atoms with E-state index in [0.29, 0.717) is 23.0 Å². The van der Waals surface area contributed by atoms with E-state index in [9.17, 15) is 4.79 Å². The molecule has 0 saturated carbocycles. The topological polar surface area (TPSA) is 68.5 Å². The second-order valence-corrected chi connectivity index (χ2v) is 6.30. The minimum absolute atomic E-state index is 0.0540. The van der Waals surface area contributed by atoms with Crippen LogP contribution in [0.5, 0.6) is 11.5 Å². The third kappa shape index (κ3) is 3.92. The molecule has 0 radical (unpaired) electrons. The lowest BCUT2D eigenvalue weighted by atomic mass is 9.90. The molecule has 3 rings (SSSR count). The van der Waals surface area contributed by atoms with Crippen molar-refractivity contribution < 1.29 is 9.53 Å². The molecule has 1 aliphatic heterocycles. The molecule has 0 aliphatic carbocycles. The van der Waals surface area contributed by atoms with Crippen LogP contribution in [-0.2, 0) is 0 Å². The second kappa shape index (κ2) is 7.45. The minimum Gasteiger partial charge on any atom is -0.457 e. The molecule has 0 spiro atoms. The first-order chi connectivity index (χ1) is 11.6. The number of likely N-dealkylation sites (tertiary alicyclic amines) is 1. The van der Waals surface area contributed by atoms with E-state index in [2.05, 4.69) is 4.98 Å². The van der Waals surface area contributed by atoms with Gasteiger partial charge in [-0.25, -0.2) is 0 Å². The van der Waals surface area contributed by atoms with Gasteiger partial charge in [-0.05, 0) is 56.0 Å². The van der Waals surface area contributed by atoms with E-state index in [0.717, 1.165) is 25.9 Å². The molecule has 2 aromatic rings. The fraction of sp³-hybridized carbons (Fsp3) is 0.368. The number of nitrogens with zero attached hydrogens (tertiary/aromatic N) is 2. The summed E-state index contributed by atoms with van der Waals surface area (Å²) in [4.78, 5) is 18.6. The van der Waals surface area contributed by atoms with E-state index < -0.39 is 0 Å². The molecule has 1 saturated heterocycles. The van der Waals surface area contributed by atoms with E-state index >= 15 is 0 Å². The van der Waals surface area contributed by atoms with Crippen molar-refractivity contribution in [2.24, 2.45) is 11.7 Å². The van der Waals surface area contributed by atoms with Crippen LogP contribution in [0, 0.1) is 5.92 Å². The maximum Gasteiger partial charge on any atom is 0.253 e. The highest BCUT2D eigenvalue weighted by molar-refractivity contribution is 5.94. The Bertz CT molecular complexity index is 680. The standard InChI is InChI=1S/C19H23N3O2/c1-14(20)15-7-11-22(12-8-15)19(23)16-3-2-4-18(13-16)24-17-5-9-21-10-6-17/h2-6,9-10,13-15H,7-8,11-12,20H2,1H3. The van der Waals surface area contributed by atoms with Gasteiger partial charge in [0.15, 0.2) is 0 Å². The van der Waals surface area contributed by atoms with Gasteiger partial charge in [0.05, 0.1) is 0 Å². The van der Waals surface area contributed by atoms with E-state index in [1.165, 1.54) is 0 Å². The minimum atomic E-state index is 0.0540. The highest BCUT2D eigenvalue weighted by Gasteiger charge is 2.25. The normalized spacial score (nSPS) is 16.7. The van der Waals surface area contributed by atoms with Gasteiger partial charge < -0.3 is 15.4 Å². The first-order valence-electron chi connectivity index (χ1n) is 8.36. The zero-order valence-electron chi connectivity index (χ0n) is 13.9. The molecule has 1 aromatic heterocycles. The number of aromatic nitrogens is 1. The lowest BCUT2D eigenvalue weighted by molar-refractivity contribution is 0.0680. The largest absolute Gasteiger partial charge is 0.457 e. The van der Waals surface area contributed by atoms with Gasteiger partial charge in [0.25, 0.3) is 5.91 Å². The van der Waals surface area contributed by atoms with Crippen molar-refractivity contribution in [1.82, 2.24) is 9.88 Å². The van der Waals surface area contributed by atoms with Crippen molar-refractivity contribution in [1.29, 1.82) is 0 Å². The molecule has 1 aromatic carbocycles. The molecular weight excluding hydrogens is 302 g/mol. The molecule has 5 heteroatoms. The summed E-state index contributed by atoms with van der Waals surface area (Å²) in [6.07, 6.45) is 5.28. The number of ether oxygens (including phenoxy) is 1. The van der Waals surface area contributed by atoms with Gasteiger partial charge in [-0.1, -0.05) is 6.07 Å². The number of pyridine rings is 1. The van der Waals surface area contributed by atoms with Gasteiger partial charge in [-0.15, -0.1) is 0 Å². The summed E-state index contributed by atoms with van der Waals surface area (Å²) in [7, 11) is 0. The van der Waals surface area contributed by atoms with Gasteiger partial charge in [-0.3, -0.25) is 9.78 Å². The first-order valence-corrected chi connectivity index (χ1v) is 8.36. The molecule has 126 valence electrons. The van der Waals surface area contributed by atoms with Crippen molar-refractivity contribution in [2.45, 2.75) is 25.8 Å². The predicted molar refractivity (Wildman–Crippen MR) is 93.0 cm³/mol. The quantitative estimate of drug-likeness (QED) is 0.938. The van der Waals surface area contributed by atoms with Crippen molar-refractivity contribution in [3.63, 3.8) is 0 Å². The lowest BCUT2D eigenvalue weighted by Gasteiger charge is -2.33. The first kappa shape index (κ1) is 16.5. The molecule has 1 unspecified atom stereocenters. The van der Waals surface area contributed by atoms with Crippen LogP contribution in [0.2, 0.25) is 0 Å². The number of hydrogen-bond donors (Lipinski definition) is 1. The summed E-state index contributed by atoms with van der Waals surface area (Å²) < 4.78 is 5.78. The zero-order valence-corrected chi connectivity index (χ0v) is 13.9. The predicted octanol–water partition coefficient (Wildman–Crippen LogP) is 3.07. The van der Waals surface area contributed by atoms with E-state index in [1.54, 1.807) is 30.6 Å². The second-order valence-electron chi connectivity index (χ2n) is 6.30. The third-order valence-electron chi connectivity index (χ3n) is 4.54. The van der Waals surface area contributed by atoms with Crippen LogP contribution in [-0.4, -0.2) is 34.9 Å². The Hall–Kier alpha value is -2.40. The van der Waals surface area contributed by atoms with E-state index in [-0.39, 0.29) is 11.9 Å². The van der Waals surface area contributed by atoms with Crippen molar-refractivity contribution >= 4 is 5.91 Å². The van der Waals surface area contributed by atoms with Crippen LogP contribution in [0.15, 0.2) is 48.8 Å². The monoisotopic (exact) mass is 325 g/mol. The SMILES string of the molecule is CC(N)C1CCN(C(=O)c2cccc(Oc3ccncc3)c2)CC1. The average molecular weight is 325 g/mol. The molecule has 2 N–H and O–H groups in total. The Morgan fingerprint density at radius 2 is 1.92 bits per heavy atom. The van der Waals surface area contributed by atoms with Crippen molar-refractivity contribution in [3.8, 4) is 11.5 Å². The van der Waals surface area contributed by atoms with Crippen LogP contribution >= 0.6 is 0 Å². The fourth-order valence-electron chi connectivity index (χ4n) is 3.05. The smallest absolute Gasteiger partial charge is 0.253 e. The van der Waals surface area contributed by atoms with Crippen LogP contribution in [0.25, 0.3) is 0 Å². The number of amides is 1. The number of piperidine rings is 1. The van der Waals surface area contributed by atoms with E-state index in [1.807, 2.05) is 30.0 Å². The zero-order chi connectivity index (χ0) is 16.9. The van der Waals surface area contributed by atoms with Crippen molar-refractivity contribution in [2.75, 3.05) is 13.1 Å². The molecule has 1 aliphatic rings. The molecule has 1 fully saturated rings. The summed E-state index contributed by atoms with van der Waals surface area (Å²) in [6.45, 7) is 3.57. The number of hydrogen-bond acceptors (Lipinski definition) is 4. The number of benzene rings is 1. The van der Waals surface area contributed by atoms with Gasteiger partial charge in [0.2, 0.25) is 0 Å². The van der Waals surface area contributed by atoms with Crippen LogP contribution in [0.4, 0.5) is 0 Å². The highest BCUT2D eigenvalue weighted by atomic mass is 16.5. The van der Waals surface area contributed by atoms with E-state index in [4.69, 9.17) is 10.5 Å². The summed E-state index contributed by atoms with van der Waals surface area (Å²) in [5, 5.41) is 0. The maximum absolute atomic E-state index is 12.7. The molecule has 0 bridgehead atoms. The van der Waals surface area contributed by atoms with Crippen LogP contribution in [0.3, 0.4) is 0 Å². The van der Waals surface area contributed by atoms with Gasteiger partial charge >= 0.3 is 0 Å². The third-order valence-corrected chi connectivity index (χ3v) is 4.54. The van der Waals surface area contributed by atoms with Gasteiger partial charge in [0, 0.05) is 37.1 Å².